The number of thioether (sulfide) groups is 1. The van der Waals surface area contributed by atoms with Crippen molar-refractivity contribution in [2.75, 3.05) is 54.8 Å². The van der Waals surface area contributed by atoms with Gasteiger partial charge in [0.2, 0.25) is 5.91 Å². The highest BCUT2D eigenvalue weighted by Crippen LogP contribution is 2.24. The number of carbonyl (C=O) groups is 1. The zero-order valence-electron chi connectivity index (χ0n) is 16.5. The third kappa shape index (κ3) is 4.98. The van der Waals surface area contributed by atoms with Gasteiger partial charge in [-0.05, 0) is 31.4 Å². The Kier molecular flexibility index (Phi) is 6.49. The van der Waals surface area contributed by atoms with Gasteiger partial charge >= 0.3 is 0 Å². The summed E-state index contributed by atoms with van der Waals surface area (Å²) in [6.45, 7) is 4.76. The molecule has 0 N–H and O–H groups in total. The summed E-state index contributed by atoms with van der Waals surface area (Å²) < 4.78 is 14.0. The van der Waals surface area contributed by atoms with E-state index in [4.69, 9.17) is 0 Å². The molecule has 4 rings (SSSR count). The van der Waals surface area contributed by atoms with E-state index in [1.165, 1.54) is 24.2 Å². The summed E-state index contributed by atoms with van der Waals surface area (Å²) in [6.07, 6.45) is 4.99. The Morgan fingerprint density at radius 2 is 1.69 bits per heavy atom. The maximum absolute atomic E-state index is 14.0. The number of piperidine rings is 1. The van der Waals surface area contributed by atoms with Crippen LogP contribution in [0.5, 0.6) is 0 Å². The second-order valence-corrected chi connectivity index (χ2v) is 8.37. The number of halogens is 1. The molecule has 2 aromatic rings. The summed E-state index contributed by atoms with van der Waals surface area (Å²) in [5.41, 5.74) is 0.655. The van der Waals surface area contributed by atoms with Crippen LogP contribution in [0.4, 0.5) is 15.9 Å². The summed E-state index contributed by atoms with van der Waals surface area (Å²) in [6, 6.07) is 8.85. The molecule has 0 bridgehead atoms. The van der Waals surface area contributed by atoms with Gasteiger partial charge in [0.15, 0.2) is 0 Å². The third-order valence-electron chi connectivity index (χ3n) is 5.48. The molecule has 0 unspecified atom stereocenters. The van der Waals surface area contributed by atoms with E-state index in [2.05, 4.69) is 19.8 Å². The van der Waals surface area contributed by atoms with Crippen molar-refractivity contribution >= 4 is 29.2 Å². The van der Waals surface area contributed by atoms with Gasteiger partial charge in [0.05, 0.1) is 11.4 Å². The van der Waals surface area contributed by atoms with E-state index in [9.17, 15) is 9.18 Å². The Hall–Kier alpha value is -2.35. The molecule has 1 amide bonds. The zero-order chi connectivity index (χ0) is 20.1. The predicted octanol–water partition coefficient (Wildman–Crippen LogP) is 3.05. The molecule has 0 spiro atoms. The largest absolute Gasteiger partial charge is 0.366 e. The summed E-state index contributed by atoms with van der Waals surface area (Å²) in [5, 5.41) is 0.817. The number of hydrogen-bond acceptors (Lipinski definition) is 6. The fourth-order valence-corrected chi connectivity index (χ4v) is 4.60. The van der Waals surface area contributed by atoms with Gasteiger partial charge in [0.25, 0.3) is 0 Å². The van der Waals surface area contributed by atoms with Gasteiger partial charge in [-0.3, -0.25) is 4.79 Å². The van der Waals surface area contributed by atoms with E-state index in [0.29, 0.717) is 11.4 Å². The molecule has 154 valence electrons. The molecule has 29 heavy (non-hydrogen) atoms. The third-order valence-corrected chi connectivity index (χ3v) is 6.39. The zero-order valence-corrected chi connectivity index (χ0v) is 17.3. The maximum Gasteiger partial charge on any atom is 0.232 e. The van der Waals surface area contributed by atoms with E-state index in [1.807, 2.05) is 23.1 Å². The Bertz CT molecular complexity index is 837. The SMILES string of the molecule is O=C(CSc1cc(N2CCN(c3ccccc3F)CC2)ncn1)N1CCCCC1. The van der Waals surface area contributed by atoms with Crippen LogP contribution >= 0.6 is 11.8 Å². The fraction of sp³-hybridized carbons (Fsp3) is 0.476. The minimum Gasteiger partial charge on any atom is -0.366 e. The Labute approximate surface area is 175 Å². The van der Waals surface area contributed by atoms with E-state index in [-0.39, 0.29) is 11.7 Å². The van der Waals surface area contributed by atoms with Crippen LogP contribution in [0.2, 0.25) is 0 Å². The molecule has 2 aliphatic heterocycles. The van der Waals surface area contributed by atoms with Crippen molar-refractivity contribution in [2.24, 2.45) is 0 Å². The summed E-state index contributed by atoms with van der Waals surface area (Å²) in [5.74, 6) is 1.28. The highest BCUT2D eigenvalue weighted by Gasteiger charge is 2.21. The quantitative estimate of drug-likeness (QED) is 0.553. The van der Waals surface area contributed by atoms with Gasteiger partial charge in [0.1, 0.15) is 23.0 Å². The number of piperazine rings is 1. The maximum atomic E-state index is 14.0. The first-order valence-electron chi connectivity index (χ1n) is 10.2. The van der Waals surface area contributed by atoms with Gasteiger partial charge < -0.3 is 14.7 Å². The van der Waals surface area contributed by atoms with E-state index < -0.39 is 0 Å². The summed E-state index contributed by atoms with van der Waals surface area (Å²) in [7, 11) is 0. The lowest BCUT2D eigenvalue weighted by molar-refractivity contribution is -0.129. The van der Waals surface area contributed by atoms with Crippen molar-refractivity contribution in [1.29, 1.82) is 0 Å². The second-order valence-electron chi connectivity index (χ2n) is 7.37. The number of nitrogens with zero attached hydrogens (tertiary/aromatic N) is 5. The van der Waals surface area contributed by atoms with Gasteiger partial charge in [-0.2, -0.15) is 0 Å². The lowest BCUT2D eigenvalue weighted by Gasteiger charge is -2.36. The topological polar surface area (TPSA) is 52.6 Å². The molecule has 0 radical (unpaired) electrons. The second kappa shape index (κ2) is 9.43. The number of hydrogen-bond donors (Lipinski definition) is 0. The van der Waals surface area contributed by atoms with E-state index in [1.54, 1.807) is 12.4 Å². The first kappa shape index (κ1) is 19.9. The highest BCUT2D eigenvalue weighted by atomic mass is 32.2. The number of likely N-dealkylation sites (tertiary alicyclic amines) is 1. The van der Waals surface area contributed by atoms with Gasteiger partial charge in [-0.1, -0.05) is 23.9 Å². The first-order chi connectivity index (χ1) is 14.2. The summed E-state index contributed by atoms with van der Waals surface area (Å²) >= 11 is 1.47. The Morgan fingerprint density at radius 1 is 0.966 bits per heavy atom. The number of anilines is 2. The van der Waals surface area contributed by atoms with Crippen molar-refractivity contribution in [1.82, 2.24) is 14.9 Å². The van der Waals surface area contributed by atoms with Crippen molar-refractivity contribution in [3.05, 3.63) is 42.5 Å². The van der Waals surface area contributed by atoms with E-state index in [0.717, 1.165) is 63.0 Å². The van der Waals surface area contributed by atoms with Gasteiger partial charge in [0, 0.05) is 45.3 Å². The minimum absolute atomic E-state index is 0.181. The van der Waals surface area contributed by atoms with Crippen LogP contribution in [-0.2, 0) is 4.79 Å². The Balaban J connectivity index is 1.32. The van der Waals surface area contributed by atoms with Crippen LogP contribution in [0, 0.1) is 5.82 Å². The molecule has 2 fully saturated rings. The molecular weight excluding hydrogens is 389 g/mol. The minimum atomic E-state index is -0.181. The molecule has 0 saturated carbocycles. The molecule has 0 aliphatic carbocycles. The molecule has 8 heteroatoms. The van der Waals surface area contributed by atoms with Crippen molar-refractivity contribution in [2.45, 2.75) is 24.3 Å². The van der Waals surface area contributed by atoms with Crippen LogP contribution < -0.4 is 9.80 Å². The molecule has 1 aromatic heterocycles. The molecule has 0 atom stereocenters. The number of rotatable bonds is 5. The molecule has 2 aliphatic rings. The van der Waals surface area contributed by atoms with Gasteiger partial charge in [-0.25, -0.2) is 14.4 Å². The van der Waals surface area contributed by atoms with Crippen LogP contribution in [0.15, 0.2) is 41.7 Å². The smallest absolute Gasteiger partial charge is 0.232 e. The van der Waals surface area contributed by atoms with E-state index >= 15 is 0 Å². The van der Waals surface area contributed by atoms with Crippen molar-refractivity contribution in [3.8, 4) is 0 Å². The summed E-state index contributed by atoms with van der Waals surface area (Å²) in [4.78, 5) is 27.3. The van der Waals surface area contributed by atoms with Crippen molar-refractivity contribution < 1.29 is 9.18 Å². The van der Waals surface area contributed by atoms with Crippen molar-refractivity contribution in [3.63, 3.8) is 0 Å². The number of aromatic nitrogens is 2. The average Bonchev–Trinajstić information content (AvgIpc) is 2.79. The first-order valence-corrected chi connectivity index (χ1v) is 11.2. The van der Waals surface area contributed by atoms with Gasteiger partial charge in [-0.15, -0.1) is 0 Å². The Morgan fingerprint density at radius 3 is 2.45 bits per heavy atom. The lowest BCUT2D eigenvalue weighted by Crippen LogP contribution is -2.47. The molecule has 2 saturated heterocycles. The van der Waals surface area contributed by atoms with Crippen LogP contribution in [0.25, 0.3) is 0 Å². The average molecular weight is 416 g/mol. The standard InChI is InChI=1S/C21H26FN5OS/c22-17-6-2-3-7-18(17)25-10-12-26(13-11-25)19-14-20(24-16-23-19)29-15-21(28)27-8-4-1-5-9-27/h2-3,6-7,14,16H,1,4-5,8-13,15H2. The monoisotopic (exact) mass is 415 g/mol. The number of benzene rings is 1. The van der Waals surface area contributed by atoms with Crippen LogP contribution in [-0.4, -0.2) is 65.8 Å². The lowest BCUT2D eigenvalue weighted by atomic mass is 10.1. The molecule has 3 heterocycles. The molecule has 6 nitrogen and oxygen atoms in total. The molecular formula is C21H26FN5OS. The fourth-order valence-electron chi connectivity index (χ4n) is 3.84. The van der Waals surface area contributed by atoms with Crippen LogP contribution in [0.3, 0.4) is 0 Å². The predicted molar refractivity (Wildman–Crippen MR) is 114 cm³/mol. The number of para-hydroxylation sites is 1. The number of carbonyl (C=O) groups excluding carboxylic acids is 1. The number of amides is 1. The van der Waals surface area contributed by atoms with Crippen LogP contribution in [0.1, 0.15) is 19.3 Å². The highest BCUT2D eigenvalue weighted by molar-refractivity contribution is 7.99. The molecule has 1 aromatic carbocycles. The normalized spacial score (nSPS) is 17.5.